The number of carbonyl (C=O) groups is 1. The minimum absolute atomic E-state index is 0.0188. The number of nitrogens with zero attached hydrogens (tertiary/aromatic N) is 1. The first-order chi connectivity index (χ1) is 10.0. The van der Waals surface area contributed by atoms with Crippen molar-refractivity contribution in [3.05, 3.63) is 24.3 Å². The maximum Gasteiger partial charge on any atom is 0.321 e. The number of aliphatic carboxylic acids is 1. The molecule has 0 saturated carbocycles. The summed E-state index contributed by atoms with van der Waals surface area (Å²) in [6, 6.07) is 3.55. The maximum atomic E-state index is 12.3. The number of sulfonamides is 1. The fourth-order valence-corrected chi connectivity index (χ4v) is 4.38. The fraction of sp³-hybridized carbons (Fsp3) is 0.462. The van der Waals surface area contributed by atoms with Crippen molar-refractivity contribution in [1.29, 1.82) is 0 Å². The van der Waals surface area contributed by atoms with E-state index >= 15 is 0 Å². The van der Waals surface area contributed by atoms with Crippen LogP contribution in [0.3, 0.4) is 0 Å². The van der Waals surface area contributed by atoms with Gasteiger partial charge in [-0.2, -0.15) is 4.31 Å². The Morgan fingerprint density at radius 2 is 1.59 bits per heavy atom. The van der Waals surface area contributed by atoms with E-state index in [1.807, 2.05) is 0 Å². The molecule has 124 valence electrons. The summed E-state index contributed by atoms with van der Waals surface area (Å²) in [5, 5.41) is 8.89. The van der Waals surface area contributed by atoms with Crippen LogP contribution in [0.1, 0.15) is 20.3 Å². The van der Waals surface area contributed by atoms with Gasteiger partial charge in [0, 0.05) is 7.05 Å². The van der Waals surface area contributed by atoms with Gasteiger partial charge in [-0.15, -0.1) is 0 Å². The third-order valence-electron chi connectivity index (χ3n) is 3.24. The molecule has 0 amide bonds. The molecule has 1 aromatic carbocycles. The summed E-state index contributed by atoms with van der Waals surface area (Å²) >= 11 is 0. The molecule has 0 bridgehead atoms. The minimum Gasteiger partial charge on any atom is -0.480 e. The second-order valence-corrected chi connectivity index (χ2v) is 8.93. The zero-order chi connectivity index (χ0) is 17.1. The van der Waals surface area contributed by atoms with Crippen molar-refractivity contribution in [2.45, 2.75) is 36.1 Å². The number of carboxylic acids is 1. The summed E-state index contributed by atoms with van der Waals surface area (Å²) in [5.41, 5.74) is 0. The lowest BCUT2D eigenvalue weighted by Gasteiger charge is -2.21. The normalized spacial score (nSPS) is 14.0. The van der Waals surface area contributed by atoms with E-state index in [1.165, 1.54) is 31.2 Å². The van der Waals surface area contributed by atoms with Crippen molar-refractivity contribution in [1.82, 2.24) is 4.31 Å². The molecule has 1 atom stereocenters. The van der Waals surface area contributed by atoms with Gasteiger partial charge in [0.15, 0.2) is 9.84 Å². The zero-order valence-corrected chi connectivity index (χ0v) is 14.2. The minimum atomic E-state index is -4.00. The SMILES string of the molecule is CCCS(=O)(=O)c1ccc(S(=O)(=O)N(C)C(C)C(=O)O)cc1. The molecule has 0 radical (unpaired) electrons. The van der Waals surface area contributed by atoms with Crippen molar-refractivity contribution in [3.8, 4) is 0 Å². The number of sulfone groups is 1. The van der Waals surface area contributed by atoms with Crippen LogP contribution in [0, 0.1) is 0 Å². The van der Waals surface area contributed by atoms with Crippen LogP contribution in [0.15, 0.2) is 34.1 Å². The molecule has 0 fully saturated rings. The molecule has 0 aliphatic rings. The van der Waals surface area contributed by atoms with E-state index in [4.69, 9.17) is 5.11 Å². The van der Waals surface area contributed by atoms with Crippen molar-refractivity contribution >= 4 is 25.8 Å². The Morgan fingerprint density at radius 1 is 1.14 bits per heavy atom. The van der Waals surface area contributed by atoms with E-state index in [0.717, 1.165) is 11.4 Å². The number of hydrogen-bond acceptors (Lipinski definition) is 5. The highest BCUT2D eigenvalue weighted by Gasteiger charge is 2.29. The zero-order valence-electron chi connectivity index (χ0n) is 12.6. The van der Waals surface area contributed by atoms with Crippen molar-refractivity contribution < 1.29 is 26.7 Å². The van der Waals surface area contributed by atoms with Gasteiger partial charge in [0.2, 0.25) is 10.0 Å². The van der Waals surface area contributed by atoms with Gasteiger partial charge in [-0.3, -0.25) is 4.79 Å². The van der Waals surface area contributed by atoms with Crippen molar-refractivity contribution in [2.75, 3.05) is 12.8 Å². The molecule has 0 spiro atoms. The largest absolute Gasteiger partial charge is 0.480 e. The Kier molecular flexibility index (Phi) is 5.71. The summed E-state index contributed by atoms with van der Waals surface area (Å²) in [6.07, 6.45) is 0.460. The predicted molar refractivity (Wildman–Crippen MR) is 80.8 cm³/mol. The van der Waals surface area contributed by atoms with Crippen molar-refractivity contribution in [3.63, 3.8) is 0 Å². The Balaban J connectivity index is 3.17. The molecule has 0 aliphatic heterocycles. The second kappa shape index (κ2) is 6.76. The van der Waals surface area contributed by atoms with Gasteiger partial charge in [-0.25, -0.2) is 16.8 Å². The van der Waals surface area contributed by atoms with Crippen LogP contribution in [0.4, 0.5) is 0 Å². The molecule has 0 heterocycles. The van der Waals surface area contributed by atoms with E-state index < -0.39 is 31.9 Å². The van der Waals surface area contributed by atoms with Gasteiger partial charge in [-0.05, 0) is 37.6 Å². The molecule has 0 saturated heterocycles. The Bertz CT molecular complexity index is 737. The first kappa shape index (κ1) is 18.6. The van der Waals surface area contributed by atoms with E-state index in [0.29, 0.717) is 6.42 Å². The molecular formula is C13H19NO6S2. The third-order valence-corrected chi connectivity index (χ3v) is 7.11. The summed E-state index contributed by atoms with van der Waals surface area (Å²) in [6.45, 7) is 2.98. The van der Waals surface area contributed by atoms with E-state index in [9.17, 15) is 21.6 Å². The van der Waals surface area contributed by atoms with Crippen LogP contribution in [0.25, 0.3) is 0 Å². The van der Waals surface area contributed by atoms with Gasteiger partial charge >= 0.3 is 5.97 Å². The Morgan fingerprint density at radius 3 is 2.00 bits per heavy atom. The van der Waals surface area contributed by atoms with Crippen LogP contribution in [-0.2, 0) is 24.7 Å². The first-order valence-electron chi connectivity index (χ1n) is 6.57. The van der Waals surface area contributed by atoms with Gasteiger partial charge in [0.1, 0.15) is 6.04 Å². The molecule has 0 aliphatic carbocycles. The molecule has 7 nitrogen and oxygen atoms in total. The summed E-state index contributed by atoms with van der Waals surface area (Å²) in [5.74, 6) is -1.29. The monoisotopic (exact) mass is 349 g/mol. The summed E-state index contributed by atoms with van der Waals surface area (Å²) in [4.78, 5) is 10.8. The van der Waals surface area contributed by atoms with E-state index in [-0.39, 0.29) is 15.5 Å². The lowest BCUT2D eigenvalue weighted by Crippen LogP contribution is -2.40. The highest BCUT2D eigenvalue weighted by molar-refractivity contribution is 7.91. The average Bonchev–Trinajstić information content (AvgIpc) is 2.45. The van der Waals surface area contributed by atoms with Crippen LogP contribution in [0.2, 0.25) is 0 Å². The fourth-order valence-electron chi connectivity index (χ4n) is 1.74. The van der Waals surface area contributed by atoms with Crippen LogP contribution >= 0.6 is 0 Å². The van der Waals surface area contributed by atoms with E-state index in [1.54, 1.807) is 6.92 Å². The highest BCUT2D eigenvalue weighted by atomic mass is 32.2. The van der Waals surface area contributed by atoms with Gasteiger partial charge < -0.3 is 5.11 Å². The molecule has 1 aromatic rings. The predicted octanol–water partition coefficient (Wildman–Crippen LogP) is 0.964. The van der Waals surface area contributed by atoms with Crippen LogP contribution in [0.5, 0.6) is 0 Å². The molecular weight excluding hydrogens is 330 g/mol. The Hall–Kier alpha value is -1.45. The van der Waals surface area contributed by atoms with Crippen LogP contribution < -0.4 is 0 Å². The lowest BCUT2D eigenvalue weighted by atomic mass is 10.4. The highest BCUT2D eigenvalue weighted by Crippen LogP contribution is 2.20. The number of hydrogen-bond donors (Lipinski definition) is 1. The molecule has 1 unspecified atom stereocenters. The number of benzene rings is 1. The quantitative estimate of drug-likeness (QED) is 0.785. The molecule has 1 N–H and O–H groups in total. The number of likely N-dealkylation sites (N-methyl/N-ethyl adjacent to an activating group) is 1. The van der Waals surface area contributed by atoms with Gasteiger partial charge in [-0.1, -0.05) is 6.92 Å². The van der Waals surface area contributed by atoms with E-state index in [2.05, 4.69) is 0 Å². The van der Waals surface area contributed by atoms with Crippen molar-refractivity contribution in [2.24, 2.45) is 0 Å². The lowest BCUT2D eigenvalue weighted by molar-refractivity contribution is -0.140. The third kappa shape index (κ3) is 3.84. The number of rotatable bonds is 7. The summed E-state index contributed by atoms with van der Waals surface area (Å²) < 4.78 is 49.1. The first-order valence-corrected chi connectivity index (χ1v) is 9.67. The topological polar surface area (TPSA) is 109 Å². The Labute approximate surface area is 130 Å². The standard InChI is InChI=1S/C13H19NO6S2/c1-4-9-21(17,18)11-5-7-12(8-6-11)22(19,20)14(3)10(2)13(15)16/h5-8,10H,4,9H2,1-3H3,(H,15,16). The van der Waals surface area contributed by atoms with Crippen LogP contribution in [-0.4, -0.2) is 51.1 Å². The maximum absolute atomic E-state index is 12.3. The van der Waals surface area contributed by atoms with Gasteiger partial charge in [0.05, 0.1) is 15.5 Å². The van der Waals surface area contributed by atoms with Gasteiger partial charge in [0.25, 0.3) is 0 Å². The average molecular weight is 349 g/mol. The molecule has 0 aromatic heterocycles. The molecule has 9 heteroatoms. The smallest absolute Gasteiger partial charge is 0.321 e. The number of carboxylic acid groups (broad SMARTS) is 1. The summed E-state index contributed by atoms with van der Waals surface area (Å²) in [7, 11) is -6.26. The molecule has 22 heavy (non-hydrogen) atoms. The second-order valence-electron chi connectivity index (χ2n) is 4.83. The molecule has 1 rings (SSSR count).